The summed E-state index contributed by atoms with van der Waals surface area (Å²) in [5, 5.41) is 27.8. The smallest absolute Gasteiger partial charge is 0.320 e. The molecule has 4 heterocycles. The number of carbonyl (C=O) groups excluding carboxylic acids is 2. The first kappa shape index (κ1) is 31.3. The highest BCUT2D eigenvalue weighted by atomic mass is 32.1. The molecule has 1 aliphatic carbocycles. The normalized spacial score (nSPS) is 26.4. The third-order valence-electron chi connectivity index (χ3n) is 9.11. The van der Waals surface area contributed by atoms with E-state index >= 15 is 0 Å². The maximum Gasteiger partial charge on any atom is 0.320 e. The predicted molar refractivity (Wildman–Crippen MR) is 171 cm³/mol. The number of methoxy groups -OCH3 is 1. The third-order valence-corrected chi connectivity index (χ3v) is 9.99. The van der Waals surface area contributed by atoms with Gasteiger partial charge in [0.05, 0.1) is 24.9 Å². The molecule has 3 aliphatic rings. The van der Waals surface area contributed by atoms with E-state index in [4.69, 9.17) is 19.4 Å². The highest BCUT2D eigenvalue weighted by Gasteiger charge is 2.60. The van der Waals surface area contributed by atoms with Crippen molar-refractivity contribution in [3.63, 3.8) is 0 Å². The van der Waals surface area contributed by atoms with Crippen molar-refractivity contribution < 1.29 is 29.3 Å². The second-order valence-corrected chi connectivity index (χ2v) is 13.5. The predicted octanol–water partition coefficient (Wildman–Crippen LogP) is 4.29. The number of nitrogens with one attached hydrogen (secondary N) is 1. The Kier molecular flexibility index (Phi) is 8.73. The maximum absolute atomic E-state index is 13.8. The number of hydrogen-bond donors (Lipinski definition) is 3. The lowest BCUT2D eigenvalue weighted by atomic mass is 10.1. The summed E-state index contributed by atoms with van der Waals surface area (Å²) in [7, 11) is 3.36. The number of hydrogen-bond acceptors (Lipinski definition) is 9. The first-order valence-corrected chi connectivity index (χ1v) is 16.5. The molecule has 2 aromatic heterocycles. The molecule has 0 spiro atoms. The van der Waals surface area contributed by atoms with Gasteiger partial charge in [-0.1, -0.05) is 26.0 Å². The van der Waals surface area contributed by atoms with Crippen LogP contribution in [0.1, 0.15) is 57.6 Å². The van der Waals surface area contributed by atoms with Crippen LogP contribution >= 0.6 is 11.3 Å². The minimum Gasteiger partial charge on any atom is -0.497 e. The van der Waals surface area contributed by atoms with E-state index in [1.54, 1.807) is 24.0 Å². The molecule has 1 saturated carbocycles. The number of carbonyl (C=O) groups is 2. The summed E-state index contributed by atoms with van der Waals surface area (Å²) in [6, 6.07) is 6.52. The Labute approximate surface area is 266 Å². The number of urea groups is 1. The van der Waals surface area contributed by atoms with Crippen LogP contribution in [0.2, 0.25) is 0 Å². The number of fused-ring (bicyclic) bond motifs is 3. The summed E-state index contributed by atoms with van der Waals surface area (Å²) in [6.45, 7) is 4.94. The number of aliphatic hydroxyl groups is 2. The van der Waals surface area contributed by atoms with Crippen LogP contribution in [-0.4, -0.2) is 93.1 Å². The number of benzene rings is 1. The fourth-order valence-corrected chi connectivity index (χ4v) is 7.19. The molecule has 1 saturated heterocycles. The zero-order valence-electron chi connectivity index (χ0n) is 26.1. The van der Waals surface area contributed by atoms with Crippen molar-refractivity contribution in [3.05, 3.63) is 47.5 Å². The Bertz CT molecular complexity index is 1610. The number of ether oxygens (including phenoxy) is 2. The molecule has 240 valence electrons. The molecule has 45 heavy (non-hydrogen) atoms. The molecule has 3 N–H and O–H groups in total. The first-order valence-electron chi connectivity index (χ1n) is 15.6. The zero-order chi connectivity index (χ0) is 31.9. The van der Waals surface area contributed by atoms with Crippen molar-refractivity contribution >= 4 is 34.0 Å². The van der Waals surface area contributed by atoms with Crippen molar-refractivity contribution in [1.82, 2.24) is 25.1 Å². The van der Waals surface area contributed by atoms with Gasteiger partial charge in [0.15, 0.2) is 6.29 Å². The molecule has 12 heteroatoms. The van der Waals surface area contributed by atoms with Gasteiger partial charge in [0.1, 0.15) is 28.6 Å². The van der Waals surface area contributed by atoms with E-state index in [1.165, 1.54) is 11.3 Å². The second kappa shape index (κ2) is 12.6. The minimum absolute atomic E-state index is 0.178. The minimum atomic E-state index is -1.72. The molecule has 0 radical (unpaired) electrons. The van der Waals surface area contributed by atoms with Crippen LogP contribution < -0.4 is 14.8 Å². The van der Waals surface area contributed by atoms with Crippen molar-refractivity contribution in [2.45, 2.75) is 75.8 Å². The van der Waals surface area contributed by atoms with Crippen LogP contribution in [0.4, 0.5) is 4.79 Å². The molecular weight excluding hydrogens is 594 g/mol. The van der Waals surface area contributed by atoms with E-state index in [0.29, 0.717) is 30.3 Å². The molecule has 11 nitrogen and oxygen atoms in total. The molecule has 1 aromatic carbocycles. The van der Waals surface area contributed by atoms with Gasteiger partial charge in [0, 0.05) is 36.7 Å². The van der Waals surface area contributed by atoms with Crippen LogP contribution in [-0.2, 0) is 4.79 Å². The number of thiazole rings is 1. The Morgan fingerprint density at radius 2 is 1.98 bits per heavy atom. The Morgan fingerprint density at radius 3 is 2.71 bits per heavy atom. The molecule has 3 aromatic rings. The lowest BCUT2D eigenvalue weighted by Crippen LogP contribution is -2.55. The molecular formula is C33H41N5O6S. The van der Waals surface area contributed by atoms with Gasteiger partial charge in [0.2, 0.25) is 11.8 Å². The van der Waals surface area contributed by atoms with Gasteiger partial charge in [-0.05, 0) is 61.3 Å². The average molecular weight is 636 g/mol. The summed E-state index contributed by atoms with van der Waals surface area (Å²) in [4.78, 5) is 40.4. The molecule has 3 amide bonds. The lowest BCUT2D eigenvalue weighted by molar-refractivity contribution is -0.132. The maximum atomic E-state index is 13.8. The lowest BCUT2D eigenvalue weighted by Gasteiger charge is -2.30. The second-order valence-electron chi connectivity index (χ2n) is 12.6. The average Bonchev–Trinajstić information content (AvgIpc) is 3.33. The van der Waals surface area contributed by atoms with E-state index < -0.39 is 29.9 Å². The van der Waals surface area contributed by atoms with E-state index in [9.17, 15) is 19.8 Å². The molecule has 0 bridgehead atoms. The van der Waals surface area contributed by atoms with E-state index in [2.05, 4.69) is 19.2 Å². The Morgan fingerprint density at radius 1 is 1.16 bits per heavy atom. The topological polar surface area (TPSA) is 137 Å². The summed E-state index contributed by atoms with van der Waals surface area (Å²) in [6.07, 6.45) is 4.91. The van der Waals surface area contributed by atoms with Crippen LogP contribution in [0.15, 0.2) is 41.8 Å². The fraction of sp³-hybridized carbons (Fsp3) is 0.515. The summed E-state index contributed by atoms with van der Waals surface area (Å²) in [5.74, 6) is 0.758. The van der Waals surface area contributed by atoms with Crippen LogP contribution in [0.3, 0.4) is 0 Å². The number of allylic oxidation sites excluding steroid dienone is 1. The van der Waals surface area contributed by atoms with Gasteiger partial charge in [-0.25, -0.2) is 14.8 Å². The van der Waals surface area contributed by atoms with E-state index in [-0.39, 0.29) is 30.8 Å². The monoisotopic (exact) mass is 635 g/mol. The summed E-state index contributed by atoms with van der Waals surface area (Å²) >= 11 is 1.52. The number of aliphatic hydroxyl groups excluding tert-OH is 1. The van der Waals surface area contributed by atoms with Gasteiger partial charge in [-0.3, -0.25) is 4.79 Å². The number of nitrogens with zero attached hydrogens (tertiary/aromatic N) is 4. The van der Waals surface area contributed by atoms with Crippen LogP contribution in [0, 0.1) is 5.92 Å². The van der Waals surface area contributed by atoms with Gasteiger partial charge >= 0.3 is 6.03 Å². The van der Waals surface area contributed by atoms with E-state index in [1.807, 2.05) is 41.8 Å². The van der Waals surface area contributed by atoms with Crippen molar-refractivity contribution in [1.29, 1.82) is 0 Å². The zero-order valence-corrected chi connectivity index (χ0v) is 26.9. The van der Waals surface area contributed by atoms with Crippen molar-refractivity contribution in [2.75, 3.05) is 27.2 Å². The Hall–Kier alpha value is -3.74. The number of amides is 3. The standard InChI is InChI=1S/C33H41N5O6S/c1-19(2)26-18-45-30(35-26)25-14-20-13-22(43-4)10-11-24(20)29(34-25)44-23-15-27-28(39)36-33(31(40)41)16-21(33)9-7-5-6-8-12-37(3)32(42)38(27)17-23/h7,9-11,13-14,18-19,21,23,27,31,40-41H,5-6,8,12,15-17H2,1-4H3,(H,36,39)/b9-7-/t21-,23-,27+,33-/m1/s1. The molecule has 2 fully saturated rings. The highest BCUT2D eigenvalue weighted by molar-refractivity contribution is 7.13. The molecule has 0 unspecified atom stereocenters. The number of rotatable bonds is 6. The van der Waals surface area contributed by atoms with Gasteiger partial charge in [-0.15, -0.1) is 11.3 Å². The first-order chi connectivity index (χ1) is 21.6. The molecule has 6 rings (SSSR count). The van der Waals surface area contributed by atoms with Crippen LogP contribution in [0.25, 0.3) is 21.5 Å². The number of aromatic nitrogens is 2. The van der Waals surface area contributed by atoms with E-state index in [0.717, 1.165) is 40.7 Å². The van der Waals surface area contributed by atoms with Crippen LogP contribution in [0.5, 0.6) is 11.6 Å². The van der Waals surface area contributed by atoms with Gasteiger partial charge in [0.25, 0.3) is 0 Å². The molecule has 4 atom stereocenters. The SMILES string of the molecule is COc1ccc2c(O[C@@H]3C[C@H]4C(=O)N[C@]5(C(O)O)C[C@H]5/C=C\CCCCN(C)C(=O)N4C3)nc(-c3nc(C(C)C)cs3)cc2c1. The van der Waals surface area contributed by atoms with Crippen molar-refractivity contribution in [3.8, 4) is 22.3 Å². The van der Waals surface area contributed by atoms with Crippen molar-refractivity contribution in [2.24, 2.45) is 5.92 Å². The van der Waals surface area contributed by atoms with Gasteiger partial charge in [-0.2, -0.15) is 0 Å². The number of pyridine rings is 1. The fourth-order valence-electron chi connectivity index (χ4n) is 6.25. The summed E-state index contributed by atoms with van der Waals surface area (Å²) < 4.78 is 12.1. The highest BCUT2D eigenvalue weighted by Crippen LogP contribution is 2.47. The quantitative estimate of drug-likeness (QED) is 0.270. The Balaban J connectivity index is 1.32. The largest absolute Gasteiger partial charge is 0.497 e. The summed E-state index contributed by atoms with van der Waals surface area (Å²) in [5.41, 5.74) is 0.493. The third kappa shape index (κ3) is 6.23. The molecule has 2 aliphatic heterocycles. The van der Waals surface area contributed by atoms with Gasteiger partial charge < -0.3 is 34.8 Å².